The number of ether oxygens (including phenoxy) is 1. The SMILES string of the molecule is C[C@@]1(N2CCN(c3cc4cc(NC(=O)C5CC56CC6)ncc4cc3Cl)CC2)COC[C@@H]1O. The Kier molecular flexibility index (Phi) is 4.70. The first-order chi connectivity index (χ1) is 15.4. The molecule has 1 aromatic heterocycles. The third-order valence-corrected chi connectivity index (χ3v) is 8.47. The number of carbonyl (C=O) groups excluding carboxylic acids is 1. The maximum atomic E-state index is 12.5. The van der Waals surface area contributed by atoms with E-state index in [1.807, 2.05) is 12.1 Å². The Balaban J connectivity index is 1.18. The van der Waals surface area contributed by atoms with E-state index >= 15 is 0 Å². The van der Waals surface area contributed by atoms with E-state index in [4.69, 9.17) is 16.3 Å². The van der Waals surface area contributed by atoms with Gasteiger partial charge in [-0.15, -0.1) is 0 Å². The first-order valence-corrected chi connectivity index (χ1v) is 11.9. The van der Waals surface area contributed by atoms with Gasteiger partial charge in [-0.2, -0.15) is 0 Å². The van der Waals surface area contributed by atoms with Crippen LogP contribution in [0.3, 0.4) is 0 Å². The largest absolute Gasteiger partial charge is 0.389 e. The summed E-state index contributed by atoms with van der Waals surface area (Å²) < 4.78 is 5.51. The number of nitrogens with zero attached hydrogens (tertiary/aromatic N) is 3. The lowest BCUT2D eigenvalue weighted by atomic mass is 9.95. The minimum atomic E-state index is -0.454. The summed E-state index contributed by atoms with van der Waals surface area (Å²) in [6.45, 7) is 6.38. The second kappa shape index (κ2) is 7.29. The number of carbonyl (C=O) groups is 1. The second-order valence-electron chi connectivity index (χ2n) is 10.2. The maximum Gasteiger partial charge on any atom is 0.229 e. The van der Waals surface area contributed by atoms with Gasteiger partial charge in [0.1, 0.15) is 5.82 Å². The Morgan fingerprint density at radius 2 is 2.00 bits per heavy atom. The van der Waals surface area contributed by atoms with E-state index in [1.54, 1.807) is 6.20 Å². The fourth-order valence-electron chi connectivity index (χ4n) is 5.52. The van der Waals surface area contributed by atoms with Crippen LogP contribution in [0, 0.1) is 11.3 Å². The van der Waals surface area contributed by atoms with E-state index in [0.29, 0.717) is 29.5 Å². The molecular formula is C24H29ClN4O3. The van der Waals surface area contributed by atoms with Gasteiger partial charge < -0.3 is 20.1 Å². The molecule has 170 valence electrons. The van der Waals surface area contributed by atoms with Gasteiger partial charge in [-0.05, 0) is 55.2 Å². The minimum absolute atomic E-state index is 0.103. The van der Waals surface area contributed by atoms with E-state index in [0.717, 1.165) is 49.1 Å². The minimum Gasteiger partial charge on any atom is -0.389 e. The number of aromatic nitrogens is 1. The molecule has 0 bridgehead atoms. The molecule has 3 atom stereocenters. The van der Waals surface area contributed by atoms with Crippen LogP contribution in [0.4, 0.5) is 11.5 Å². The molecule has 1 aromatic carbocycles. The van der Waals surface area contributed by atoms with Gasteiger partial charge >= 0.3 is 0 Å². The molecule has 4 fully saturated rings. The van der Waals surface area contributed by atoms with Crippen molar-refractivity contribution >= 4 is 39.8 Å². The predicted molar refractivity (Wildman–Crippen MR) is 124 cm³/mol. The number of fused-ring (bicyclic) bond motifs is 1. The smallest absolute Gasteiger partial charge is 0.229 e. The molecule has 8 heteroatoms. The molecule has 3 heterocycles. The van der Waals surface area contributed by atoms with Crippen LogP contribution in [0.5, 0.6) is 0 Å². The first kappa shape index (κ1) is 20.7. The third kappa shape index (κ3) is 3.37. The Labute approximate surface area is 192 Å². The Bertz CT molecular complexity index is 1080. The molecule has 2 saturated heterocycles. The summed E-state index contributed by atoms with van der Waals surface area (Å²) in [4.78, 5) is 21.6. The molecule has 4 aliphatic rings. The number of rotatable bonds is 4. The molecule has 2 N–H and O–H groups in total. The molecule has 2 aliphatic heterocycles. The van der Waals surface area contributed by atoms with Crippen molar-refractivity contribution in [2.24, 2.45) is 11.3 Å². The number of amides is 1. The van der Waals surface area contributed by atoms with Gasteiger partial charge in [0.15, 0.2) is 0 Å². The number of pyridine rings is 1. The molecule has 2 aromatic rings. The molecule has 1 unspecified atom stereocenters. The first-order valence-electron chi connectivity index (χ1n) is 11.5. The number of halogens is 1. The summed E-state index contributed by atoms with van der Waals surface area (Å²) in [6.07, 6.45) is 4.73. The highest BCUT2D eigenvalue weighted by Crippen LogP contribution is 2.70. The molecule has 6 rings (SSSR count). The topological polar surface area (TPSA) is 77.9 Å². The van der Waals surface area contributed by atoms with E-state index in [9.17, 15) is 9.90 Å². The number of hydrogen-bond acceptors (Lipinski definition) is 6. The van der Waals surface area contributed by atoms with Gasteiger partial charge in [-0.25, -0.2) is 4.98 Å². The van der Waals surface area contributed by atoms with Crippen LogP contribution in [0.25, 0.3) is 10.8 Å². The van der Waals surface area contributed by atoms with Crippen LogP contribution < -0.4 is 10.2 Å². The average Bonchev–Trinajstić information content (AvgIpc) is 3.70. The maximum absolute atomic E-state index is 12.5. The highest BCUT2D eigenvalue weighted by Gasteiger charge is 2.65. The number of anilines is 2. The van der Waals surface area contributed by atoms with E-state index < -0.39 is 6.10 Å². The lowest BCUT2D eigenvalue weighted by molar-refractivity contribution is -0.117. The van der Waals surface area contributed by atoms with Gasteiger partial charge in [0, 0.05) is 43.7 Å². The highest BCUT2D eigenvalue weighted by molar-refractivity contribution is 6.34. The van der Waals surface area contributed by atoms with Crippen LogP contribution in [0.1, 0.15) is 26.2 Å². The van der Waals surface area contributed by atoms with Crippen molar-refractivity contribution in [3.05, 3.63) is 29.4 Å². The van der Waals surface area contributed by atoms with Crippen molar-refractivity contribution in [2.75, 3.05) is 49.6 Å². The van der Waals surface area contributed by atoms with Gasteiger partial charge in [-0.1, -0.05) is 11.6 Å². The van der Waals surface area contributed by atoms with Gasteiger partial charge in [-0.3, -0.25) is 9.69 Å². The Morgan fingerprint density at radius 1 is 1.22 bits per heavy atom. The van der Waals surface area contributed by atoms with Crippen molar-refractivity contribution < 1.29 is 14.6 Å². The van der Waals surface area contributed by atoms with Gasteiger partial charge in [0.25, 0.3) is 0 Å². The molecular weight excluding hydrogens is 428 g/mol. The lowest BCUT2D eigenvalue weighted by Crippen LogP contribution is -2.60. The summed E-state index contributed by atoms with van der Waals surface area (Å²) in [5.41, 5.74) is 1.01. The summed E-state index contributed by atoms with van der Waals surface area (Å²) in [5.74, 6) is 0.875. The number of piperazine rings is 1. The zero-order valence-corrected chi connectivity index (χ0v) is 19.1. The highest BCUT2D eigenvalue weighted by atomic mass is 35.5. The average molecular weight is 457 g/mol. The summed E-state index contributed by atoms with van der Waals surface area (Å²) in [5, 5.41) is 16.1. The number of aliphatic hydroxyl groups excluding tert-OH is 1. The van der Waals surface area contributed by atoms with Crippen molar-refractivity contribution in [3.8, 4) is 0 Å². The van der Waals surface area contributed by atoms with Crippen molar-refractivity contribution in [1.29, 1.82) is 0 Å². The summed E-state index contributed by atoms with van der Waals surface area (Å²) in [7, 11) is 0. The number of nitrogens with one attached hydrogen (secondary N) is 1. The Morgan fingerprint density at radius 3 is 2.66 bits per heavy atom. The van der Waals surface area contributed by atoms with Crippen molar-refractivity contribution in [3.63, 3.8) is 0 Å². The fourth-order valence-corrected chi connectivity index (χ4v) is 5.81. The molecule has 2 saturated carbocycles. The van der Waals surface area contributed by atoms with Crippen molar-refractivity contribution in [1.82, 2.24) is 9.88 Å². The lowest BCUT2D eigenvalue weighted by Gasteiger charge is -2.45. The number of aliphatic hydroxyl groups is 1. The summed E-state index contributed by atoms with van der Waals surface area (Å²) >= 11 is 6.65. The number of hydrogen-bond donors (Lipinski definition) is 2. The molecule has 1 spiro atoms. The third-order valence-electron chi connectivity index (χ3n) is 8.17. The van der Waals surface area contributed by atoms with Crippen molar-refractivity contribution in [2.45, 2.75) is 37.8 Å². The summed E-state index contributed by atoms with van der Waals surface area (Å²) in [6, 6.07) is 5.99. The van der Waals surface area contributed by atoms with Crippen LogP contribution in [-0.2, 0) is 9.53 Å². The van der Waals surface area contributed by atoms with Gasteiger partial charge in [0.2, 0.25) is 5.91 Å². The zero-order valence-electron chi connectivity index (χ0n) is 18.3. The molecule has 1 amide bonds. The number of benzene rings is 1. The van der Waals surface area contributed by atoms with Crippen LogP contribution in [0.2, 0.25) is 5.02 Å². The van der Waals surface area contributed by atoms with Crippen LogP contribution in [0.15, 0.2) is 24.4 Å². The van der Waals surface area contributed by atoms with Gasteiger partial charge in [0.05, 0.1) is 35.6 Å². The monoisotopic (exact) mass is 456 g/mol. The van der Waals surface area contributed by atoms with E-state index in [-0.39, 0.29) is 17.4 Å². The van der Waals surface area contributed by atoms with E-state index in [1.165, 1.54) is 12.8 Å². The molecule has 2 aliphatic carbocycles. The second-order valence-corrected chi connectivity index (χ2v) is 10.6. The zero-order chi connectivity index (χ0) is 22.1. The van der Waals surface area contributed by atoms with Crippen LogP contribution in [-0.4, -0.2) is 71.9 Å². The molecule has 7 nitrogen and oxygen atoms in total. The molecule has 0 radical (unpaired) electrons. The fraction of sp³-hybridized carbons (Fsp3) is 0.583. The quantitative estimate of drug-likeness (QED) is 0.736. The molecule has 32 heavy (non-hydrogen) atoms. The normalized spacial score (nSPS) is 31.3. The van der Waals surface area contributed by atoms with Crippen LogP contribution >= 0.6 is 11.6 Å². The predicted octanol–water partition coefficient (Wildman–Crippen LogP) is 2.90. The standard InChI is InChI=1S/C24H29ClN4O3/c1-23(14-32-13-20(23)30)29-6-4-28(5-7-29)19-9-15-10-21(26-12-16(15)8-18(19)25)27-22(31)17-11-24(17)2-3-24/h8-10,12,17,20,30H,2-7,11,13-14H2,1H3,(H,26,27,31)/t17?,20-,23+/m0/s1. The van der Waals surface area contributed by atoms with E-state index in [2.05, 4.69) is 33.1 Å². The Hall–Kier alpha value is -1.93.